The Bertz CT molecular complexity index is 1130. The second kappa shape index (κ2) is 8.54. The number of hydrogen-bond acceptors (Lipinski definition) is 8. The number of anilines is 2. The third-order valence-electron chi connectivity index (χ3n) is 5.23. The Morgan fingerprint density at radius 1 is 1.26 bits per heavy atom. The van der Waals surface area contributed by atoms with Crippen LogP contribution in [-0.4, -0.2) is 44.7 Å². The lowest BCUT2D eigenvalue weighted by molar-refractivity contribution is -0.147. The van der Waals surface area contributed by atoms with E-state index in [0.29, 0.717) is 37.1 Å². The molecule has 4 rings (SSSR count). The summed E-state index contributed by atoms with van der Waals surface area (Å²) in [7, 11) is 1.39. The standard InChI is InChI=1S/C20H21FN6O4/c1-30-20(29)11-2-4-13(5-3-11)31-15-6-7-23-9-14(15)25-19(28)16-17(22)26-27-10-12(21)8-24-18(16)27/h6-11,13H,2-5H2,1H3,(H2,22,26)(H,25,28). The zero-order valence-corrected chi connectivity index (χ0v) is 16.7. The largest absolute Gasteiger partial charge is 0.488 e. The van der Waals surface area contributed by atoms with Crippen molar-refractivity contribution in [2.24, 2.45) is 5.92 Å². The van der Waals surface area contributed by atoms with Gasteiger partial charge in [-0.3, -0.25) is 14.6 Å². The lowest BCUT2D eigenvalue weighted by atomic mass is 9.87. The summed E-state index contributed by atoms with van der Waals surface area (Å²) in [4.78, 5) is 32.5. The van der Waals surface area contributed by atoms with Crippen LogP contribution in [0.5, 0.6) is 5.75 Å². The van der Waals surface area contributed by atoms with Crippen molar-refractivity contribution >= 4 is 29.0 Å². The number of nitrogens with one attached hydrogen (secondary N) is 1. The van der Waals surface area contributed by atoms with Crippen LogP contribution in [0.15, 0.2) is 30.9 Å². The van der Waals surface area contributed by atoms with Crippen LogP contribution in [0.3, 0.4) is 0 Å². The maximum atomic E-state index is 13.4. The van der Waals surface area contributed by atoms with Crippen LogP contribution in [0.25, 0.3) is 5.65 Å². The quantitative estimate of drug-likeness (QED) is 0.591. The van der Waals surface area contributed by atoms with Gasteiger partial charge in [-0.05, 0) is 25.7 Å². The van der Waals surface area contributed by atoms with Gasteiger partial charge in [0.15, 0.2) is 17.3 Å². The van der Waals surface area contributed by atoms with Crippen molar-refractivity contribution in [1.82, 2.24) is 19.6 Å². The number of esters is 1. The molecular weight excluding hydrogens is 407 g/mol. The van der Waals surface area contributed by atoms with Gasteiger partial charge >= 0.3 is 5.97 Å². The zero-order chi connectivity index (χ0) is 22.0. The number of nitrogens with zero attached hydrogens (tertiary/aromatic N) is 4. The van der Waals surface area contributed by atoms with Crippen molar-refractivity contribution in [1.29, 1.82) is 0 Å². The summed E-state index contributed by atoms with van der Waals surface area (Å²) in [6, 6.07) is 1.65. The molecular formula is C20H21FN6O4. The molecule has 3 aromatic heterocycles. The molecule has 0 atom stereocenters. The molecule has 1 aliphatic carbocycles. The van der Waals surface area contributed by atoms with Crippen molar-refractivity contribution in [3.8, 4) is 5.75 Å². The van der Waals surface area contributed by atoms with Crippen LogP contribution >= 0.6 is 0 Å². The minimum Gasteiger partial charge on any atom is -0.488 e. The van der Waals surface area contributed by atoms with Gasteiger partial charge < -0.3 is 20.5 Å². The number of pyridine rings is 1. The number of ether oxygens (including phenoxy) is 2. The fraction of sp³-hybridized carbons (Fsp3) is 0.350. The summed E-state index contributed by atoms with van der Waals surface area (Å²) < 4.78 is 25.4. The van der Waals surface area contributed by atoms with Crippen molar-refractivity contribution in [3.63, 3.8) is 0 Å². The molecule has 1 saturated carbocycles. The number of aromatic nitrogens is 4. The summed E-state index contributed by atoms with van der Waals surface area (Å²) in [5.41, 5.74) is 6.36. The average molecular weight is 428 g/mol. The van der Waals surface area contributed by atoms with Gasteiger partial charge in [-0.25, -0.2) is 13.9 Å². The van der Waals surface area contributed by atoms with E-state index in [1.165, 1.54) is 13.3 Å². The minimum absolute atomic E-state index is 0.0217. The summed E-state index contributed by atoms with van der Waals surface area (Å²) >= 11 is 0. The fourth-order valence-electron chi connectivity index (χ4n) is 3.67. The molecule has 0 saturated heterocycles. The Morgan fingerprint density at radius 2 is 2.03 bits per heavy atom. The van der Waals surface area contributed by atoms with E-state index in [0.717, 1.165) is 16.9 Å². The van der Waals surface area contributed by atoms with E-state index >= 15 is 0 Å². The van der Waals surface area contributed by atoms with Gasteiger partial charge in [0.05, 0.1) is 37.7 Å². The highest BCUT2D eigenvalue weighted by molar-refractivity contribution is 6.11. The fourth-order valence-corrected chi connectivity index (χ4v) is 3.67. The number of halogens is 1. The lowest BCUT2D eigenvalue weighted by Crippen LogP contribution is -2.29. The smallest absolute Gasteiger partial charge is 0.308 e. The highest BCUT2D eigenvalue weighted by atomic mass is 19.1. The Balaban J connectivity index is 1.49. The minimum atomic E-state index is -0.605. The topological polar surface area (TPSA) is 134 Å². The number of rotatable bonds is 5. The molecule has 0 radical (unpaired) electrons. The number of carbonyl (C=O) groups excluding carboxylic acids is 2. The maximum Gasteiger partial charge on any atom is 0.308 e. The van der Waals surface area contributed by atoms with E-state index in [1.54, 1.807) is 12.3 Å². The van der Waals surface area contributed by atoms with Gasteiger partial charge in [0.2, 0.25) is 0 Å². The summed E-state index contributed by atoms with van der Waals surface area (Å²) in [5, 5.41) is 6.65. The van der Waals surface area contributed by atoms with Crippen LogP contribution in [0, 0.1) is 11.7 Å². The Morgan fingerprint density at radius 3 is 2.77 bits per heavy atom. The molecule has 0 bridgehead atoms. The molecule has 0 aromatic carbocycles. The predicted octanol–water partition coefficient (Wildman–Crippen LogP) is 2.21. The number of nitrogen functional groups attached to an aromatic ring is 1. The normalized spacial score (nSPS) is 18.5. The SMILES string of the molecule is COC(=O)C1CCC(Oc2ccncc2NC(=O)c2c(N)nn3cc(F)cnc23)CC1. The van der Waals surface area contributed by atoms with E-state index < -0.39 is 11.7 Å². The number of hydrogen-bond donors (Lipinski definition) is 2. The Hall–Kier alpha value is -3.76. The Labute approximate surface area is 176 Å². The van der Waals surface area contributed by atoms with Gasteiger partial charge in [0, 0.05) is 12.3 Å². The molecule has 3 heterocycles. The molecule has 3 N–H and O–H groups in total. The Kier molecular flexibility index (Phi) is 5.65. The molecule has 0 unspecified atom stereocenters. The van der Waals surface area contributed by atoms with E-state index in [9.17, 15) is 14.0 Å². The van der Waals surface area contributed by atoms with Gasteiger partial charge in [-0.2, -0.15) is 0 Å². The van der Waals surface area contributed by atoms with Gasteiger partial charge in [0.1, 0.15) is 17.0 Å². The molecule has 1 aliphatic rings. The highest BCUT2D eigenvalue weighted by Crippen LogP contribution is 2.32. The van der Waals surface area contributed by atoms with Crippen molar-refractivity contribution in [2.75, 3.05) is 18.2 Å². The van der Waals surface area contributed by atoms with E-state index in [-0.39, 0.29) is 35.0 Å². The van der Waals surface area contributed by atoms with Gasteiger partial charge in [-0.1, -0.05) is 0 Å². The first-order valence-electron chi connectivity index (χ1n) is 9.75. The summed E-state index contributed by atoms with van der Waals surface area (Å²) in [6.07, 6.45) is 7.69. The number of carbonyl (C=O) groups is 2. The molecule has 10 nitrogen and oxygen atoms in total. The maximum absolute atomic E-state index is 13.4. The zero-order valence-electron chi connectivity index (χ0n) is 16.7. The highest BCUT2D eigenvalue weighted by Gasteiger charge is 2.28. The van der Waals surface area contributed by atoms with Gasteiger partial charge in [-0.15, -0.1) is 5.10 Å². The van der Waals surface area contributed by atoms with E-state index in [4.69, 9.17) is 15.2 Å². The monoisotopic (exact) mass is 428 g/mol. The van der Waals surface area contributed by atoms with Crippen LogP contribution in [0.4, 0.5) is 15.9 Å². The van der Waals surface area contributed by atoms with Crippen LogP contribution < -0.4 is 15.8 Å². The summed E-state index contributed by atoms with van der Waals surface area (Å²) in [5.74, 6) is -1.13. The van der Waals surface area contributed by atoms with E-state index in [2.05, 4.69) is 20.4 Å². The van der Waals surface area contributed by atoms with E-state index in [1.807, 2.05) is 0 Å². The first kappa shape index (κ1) is 20.5. The first-order valence-corrected chi connectivity index (χ1v) is 9.75. The number of amides is 1. The predicted molar refractivity (Wildman–Crippen MR) is 108 cm³/mol. The van der Waals surface area contributed by atoms with Gasteiger partial charge in [0.25, 0.3) is 5.91 Å². The number of nitrogens with two attached hydrogens (primary N) is 1. The van der Waals surface area contributed by atoms with Crippen LogP contribution in [0.1, 0.15) is 36.0 Å². The second-order valence-electron chi connectivity index (χ2n) is 7.24. The van der Waals surface area contributed by atoms with Crippen molar-refractivity contribution in [2.45, 2.75) is 31.8 Å². The number of methoxy groups -OCH3 is 1. The molecule has 3 aromatic rings. The molecule has 31 heavy (non-hydrogen) atoms. The third kappa shape index (κ3) is 4.25. The molecule has 0 aliphatic heterocycles. The average Bonchev–Trinajstić information content (AvgIpc) is 3.09. The molecule has 1 amide bonds. The van der Waals surface area contributed by atoms with Crippen LogP contribution in [-0.2, 0) is 9.53 Å². The second-order valence-corrected chi connectivity index (χ2v) is 7.24. The number of fused-ring (bicyclic) bond motifs is 1. The summed E-state index contributed by atoms with van der Waals surface area (Å²) in [6.45, 7) is 0. The molecule has 1 fully saturated rings. The van der Waals surface area contributed by atoms with Crippen LogP contribution in [0.2, 0.25) is 0 Å². The molecule has 11 heteroatoms. The molecule has 162 valence electrons. The molecule has 0 spiro atoms. The third-order valence-corrected chi connectivity index (χ3v) is 5.23. The van der Waals surface area contributed by atoms with Crippen molar-refractivity contribution < 1.29 is 23.5 Å². The lowest BCUT2D eigenvalue weighted by Gasteiger charge is -2.28. The first-order chi connectivity index (χ1) is 15.0. The van der Waals surface area contributed by atoms with Crippen molar-refractivity contribution in [3.05, 3.63) is 42.2 Å².